The smallest absolute Gasteiger partial charge is 0.272 e. The maximum atomic E-state index is 13.5. The molecule has 0 saturated heterocycles. The summed E-state index contributed by atoms with van der Waals surface area (Å²) in [5.74, 6) is -1.38. The molecule has 1 atom stereocenters. The normalized spacial score (nSPS) is 11.6. The highest BCUT2D eigenvalue weighted by Gasteiger charge is 2.19. The minimum absolute atomic E-state index is 0.0184. The van der Waals surface area contributed by atoms with Crippen molar-refractivity contribution in [2.75, 3.05) is 17.2 Å². The molecule has 0 bridgehead atoms. The number of benzene rings is 4. The molecule has 0 heterocycles. The van der Waals surface area contributed by atoms with Gasteiger partial charge >= 0.3 is 0 Å². The first-order chi connectivity index (χ1) is 21.2. The summed E-state index contributed by atoms with van der Waals surface area (Å²) in [6.45, 7) is 4.02. The van der Waals surface area contributed by atoms with E-state index in [2.05, 4.69) is 16.0 Å². The molecule has 0 aliphatic heterocycles. The Morgan fingerprint density at radius 1 is 0.864 bits per heavy atom. The van der Waals surface area contributed by atoms with Crippen molar-refractivity contribution >= 4 is 52.8 Å². The van der Waals surface area contributed by atoms with Gasteiger partial charge in [0.05, 0.1) is 23.1 Å². The van der Waals surface area contributed by atoms with E-state index < -0.39 is 23.0 Å². The number of nitrogens with two attached hydrogens (primary N) is 1. The quantitative estimate of drug-likeness (QED) is 0.120. The lowest BCUT2D eigenvalue weighted by molar-refractivity contribution is -0.115. The molecule has 5 N–H and O–H groups in total. The summed E-state index contributed by atoms with van der Waals surface area (Å²) in [7, 11) is 0. The van der Waals surface area contributed by atoms with Crippen molar-refractivity contribution in [3.63, 3.8) is 0 Å². The van der Waals surface area contributed by atoms with Crippen LogP contribution < -0.4 is 26.4 Å². The largest absolute Gasteiger partial charge is 0.493 e. The summed E-state index contributed by atoms with van der Waals surface area (Å²) in [5.41, 5.74) is 7.47. The first-order valence-corrected chi connectivity index (χ1v) is 14.7. The second kappa shape index (κ2) is 15.2. The molecule has 224 valence electrons. The van der Waals surface area contributed by atoms with Crippen molar-refractivity contribution in [2.45, 2.75) is 24.0 Å². The van der Waals surface area contributed by atoms with Crippen LogP contribution in [0.15, 0.2) is 114 Å². The van der Waals surface area contributed by atoms with Gasteiger partial charge in [-0.25, -0.2) is 0 Å². The van der Waals surface area contributed by atoms with E-state index in [1.807, 2.05) is 25.1 Å². The molecule has 10 heteroatoms. The van der Waals surface area contributed by atoms with Crippen molar-refractivity contribution in [3.8, 4) is 5.75 Å². The molecule has 0 aromatic heterocycles. The third-order valence-electron chi connectivity index (χ3n) is 6.27. The minimum atomic E-state index is -0.639. The van der Waals surface area contributed by atoms with Gasteiger partial charge in [-0.15, -0.1) is 11.8 Å². The molecule has 0 spiro atoms. The summed E-state index contributed by atoms with van der Waals surface area (Å²) < 4.78 is 5.71. The van der Waals surface area contributed by atoms with Gasteiger partial charge in [0, 0.05) is 21.7 Å². The van der Waals surface area contributed by atoms with Crippen LogP contribution in [0.1, 0.15) is 40.1 Å². The molecule has 1 unspecified atom stereocenters. The Kier molecular flexibility index (Phi) is 10.9. The summed E-state index contributed by atoms with van der Waals surface area (Å²) >= 11 is 1.27. The average molecular weight is 609 g/mol. The van der Waals surface area contributed by atoms with Crippen LogP contribution in [0.5, 0.6) is 5.75 Å². The van der Waals surface area contributed by atoms with E-state index in [1.54, 1.807) is 97.9 Å². The van der Waals surface area contributed by atoms with Gasteiger partial charge in [-0.05, 0) is 68.5 Å². The van der Waals surface area contributed by atoms with E-state index in [-0.39, 0.29) is 17.2 Å². The van der Waals surface area contributed by atoms with Gasteiger partial charge in [-0.3, -0.25) is 19.2 Å². The molecular formula is C34H32N4O5S. The molecular weight excluding hydrogens is 576 g/mol. The minimum Gasteiger partial charge on any atom is -0.493 e. The lowest BCUT2D eigenvalue weighted by Crippen LogP contribution is -2.30. The van der Waals surface area contributed by atoms with Crippen molar-refractivity contribution in [2.24, 2.45) is 5.73 Å². The van der Waals surface area contributed by atoms with Crippen LogP contribution in [0.3, 0.4) is 0 Å². The van der Waals surface area contributed by atoms with Gasteiger partial charge in [-0.2, -0.15) is 0 Å². The fourth-order valence-corrected chi connectivity index (χ4v) is 5.06. The lowest BCUT2D eigenvalue weighted by atomic mass is 10.1. The molecule has 4 rings (SSSR count). The fourth-order valence-electron chi connectivity index (χ4n) is 4.13. The van der Waals surface area contributed by atoms with Crippen molar-refractivity contribution in [1.29, 1.82) is 0 Å². The highest BCUT2D eigenvalue weighted by atomic mass is 32.2. The monoisotopic (exact) mass is 608 g/mol. The molecule has 44 heavy (non-hydrogen) atoms. The number of carbonyl (C=O) groups is 4. The zero-order valence-corrected chi connectivity index (χ0v) is 25.0. The Balaban J connectivity index is 1.52. The fraction of sp³-hybridized carbons (Fsp3) is 0.118. The van der Waals surface area contributed by atoms with Crippen molar-refractivity contribution in [1.82, 2.24) is 5.32 Å². The Labute approximate surface area is 259 Å². The second-order valence-electron chi connectivity index (χ2n) is 9.49. The van der Waals surface area contributed by atoms with E-state index in [1.165, 1.54) is 11.8 Å². The number of para-hydroxylation sites is 2. The van der Waals surface area contributed by atoms with E-state index in [0.717, 1.165) is 0 Å². The Bertz CT molecular complexity index is 1690. The van der Waals surface area contributed by atoms with Crippen LogP contribution in [0.25, 0.3) is 6.08 Å². The van der Waals surface area contributed by atoms with Crippen LogP contribution in [-0.4, -0.2) is 35.5 Å². The number of nitrogens with one attached hydrogen (secondary N) is 3. The third-order valence-corrected chi connectivity index (χ3v) is 7.37. The number of thioether (sulfide) groups is 1. The molecule has 4 amide bonds. The highest BCUT2D eigenvalue weighted by Crippen LogP contribution is 2.28. The summed E-state index contributed by atoms with van der Waals surface area (Å²) in [6, 6.07) is 29.3. The zero-order chi connectivity index (χ0) is 31.5. The Morgan fingerprint density at radius 2 is 1.57 bits per heavy atom. The number of hydrogen-bond acceptors (Lipinski definition) is 6. The number of carbonyl (C=O) groups excluding carboxylic acids is 4. The number of ether oxygens (including phenoxy) is 1. The molecule has 9 nitrogen and oxygen atoms in total. The third kappa shape index (κ3) is 8.59. The SMILES string of the molecule is CCOc1ccccc1/C=C(/NC(=O)c1ccccc1)C(=O)Nc1cccc(SC(C)C(=O)Nc2ccccc2C(N)=O)c1. The Morgan fingerprint density at radius 3 is 2.32 bits per heavy atom. The van der Waals surface area contributed by atoms with Gasteiger partial charge in [0.25, 0.3) is 17.7 Å². The molecule has 4 aromatic carbocycles. The molecule has 0 saturated carbocycles. The summed E-state index contributed by atoms with van der Waals surface area (Å²) in [4.78, 5) is 51.9. The maximum absolute atomic E-state index is 13.5. The number of primary amides is 1. The first-order valence-electron chi connectivity index (χ1n) is 13.8. The van der Waals surface area contributed by atoms with Crippen molar-refractivity contribution < 1.29 is 23.9 Å². The van der Waals surface area contributed by atoms with Crippen LogP contribution in [0.4, 0.5) is 11.4 Å². The van der Waals surface area contributed by atoms with Crippen LogP contribution in [0, 0.1) is 0 Å². The van der Waals surface area contributed by atoms with Crippen LogP contribution in [-0.2, 0) is 9.59 Å². The van der Waals surface area contributed by atoms with E-state index in [4.69, 9.17) is 10.5 Å². The molecule has 4 aromatic rings. The van der Waals surface area contributed by atoms with E-state index in [0.29, 0.717) is 39.8 Å². The topological polar surface area (TPSA) is 140 Å². The predicted molar refractivity (Wildman–Crippen MR) is 173 cm³/mol. The van der Waals surface area contributed by atoms with E-state index in [9.17, 15) is 19.2 Å². The van der Waals surface area contributed by atoms with Crippen LogP contribution in [0.2, 0.25) is 0 Å². The number of hydrogen-bond donors (Lipinski definition) is 4. The van der Waals surface area contributed by atoms with Gasteiger partial charge in [0.2, 0.25) is 5.91 Å². The lowest BCUT2D eigenvalue weighted by Gasteiger charge is -2.15. The number of amides is 4. The number of rotatable bonds is 12. The van der Waals surface area contributed by atoms with Gasteiger partial charge in [0.1, 0.15) is 11.4 Å². The standard InChI is InChI=1S/C34H32N4O5S/c1-3-43-30-19-10-7-14-24(30)20-29(38-33(41)23-12-5-4-6-13-23)34(42)36-25-15-11-16-26(21-25)44-22(2)32(40)37-28-18-9-8-17-27(28)31(35)39/h4-22H,3H2,1-2H3,(H2,35,39)(H,36,42)(H,37,40)(H,38,41)/b29-20+. The summed E-state index contributed by atoms with van der Waals surface area (Å²) in [6.07, 6.45) is 1.57. The number of anilines is 2. The van der Waals surface area contributed by atoms with Gasteiger partial charge in [0.15, 0.2) is 0 Å². The molecule has 0 aliphatic carbocycles. The first kappa shape index (κ1) is 31.6. The summed E-state index contributed by atoms with van der Waals surface area (Å²) in [5, 5.41) is 7.79. The Hall–Kier alpha value is -5.35. The second-order valence-corrected chi connectivity index (χ2v) is 10.9. The van der Waals surface area contributed by atoms with Gasteiger partial charge < -0.3 is 26.4 Å². The van der Waals surface area contributed by atoms with Crippen LogP contribution >= 0.6 is 11.8 Å². The van der Waals surface area contributed by atoms with E-state index >= 15 is 0 Å². The predicted octanol–water partition coefficient (Wildman–Crippen LogP) is 5.71. The molecule has 0 fully saturated rings. The molecule has 0 radical (unpaired) electrons. The average Bonchev–Trinajstić information content (AvgIpc) is 3.02. The zero-order valence-electron chi connectivity index (χ0n) is 24.2. The molecule has 0 aliphatic rings. The van der Waals surface area contributed by atoms with Crippen molar-refractivity contribution in [3.05, 3.63) is 126 Å². The highest BCUT2D eigenvalue weighted by molar-refractivity contribution is 8.00. The maximum Gasteiger partial charge on any atom is 0.272 e. The van der Waals surface area contributed by atoms with Gasteiger partial charge in [-0.1, -0.05) is 54.6 Å².